The average Bonchev–Trinajstić information content (AvgIpc) is 3.15. The fourth-order valence-electron chi connectivity index (χ4n) is 4.29. The summed E-state index contributed by atoms with van der Waals surface area (Å²) >= 11 is 0. The molecule has 1 aromatic heterocycles. The van der Waals surface area contributed by atoms with Crippen LogP contribution in [0.25, 0.3) is 0 Å². The Morgan fingerprint density at radius 3 is 2.74 bits per heavy atom. The zero-order valence-corrected chi connectivity index (χ0v) is 13.1. The first-order valence-electron chi connectivity index (χ1n) is 8.33. The molecular weight excluding hydrogens is 293 g/mol. The fraction of sp³-hybridized carbons (Fsp3) is 0.500. The van der Waals surface area contributed by atoms with Crippen molar-refractivity contribution < 1.29 is 9.50 Å². The first-order valence-corrected chi connectivity index (χ1v) is 8.33. The molecule has 23 heavy (non-hydrogen) atoms. The molecule has 0 unspecified atom stereocenters. The lowest BCUT2D eigenvalue weighted by Crippen LogP contribution is -2.36. The minimum absolute atomic E-state index is 0.0837. The van der Waals surface area contributed by atoms with Crippen LogP contribution in [-0.2, 0) is 6.54 Å². The van der Waals surface area contributed by atoms with E-state index in [1.165, 1.54) is 6.07 Å². The van der Waals surface area contributed by atoms with E-state index in [4.69, 9.17) is 0 Å². The quantitative estimate of drug-likeness (QED) is 0.946. The number of rotatable bonds is 3. The monoisotopic (exact) mass is 315 g/mol. The van der Waals surface area contributed by atoms with Gasteiger partial charge in [-0.2, -0.15) is 5.10 Å². The second-order valence-electron chi connectivity index (χ2n) is 6.94. The molecule has 1 aliphatic heterocycles. The highest BCUT2D eigenvalue weighted by Crippen LogP contribution is 2.41. The van der Waals surface area contributed by atoms with E-state index >= 15 is 0 Å². The molecular formula is C18H22FN3O. The Bertz CT molecular complexity index is 660. The Hall–Kier alpha value is -1.72. The molecule has 4 nitrogen and oxygen atoms in total. The smallest absolute Gasteiger partial charge is 0.123 e. The summed E-state index contributed by atoms with van der Waals surface area (Å²) in [4.78, 5) is 2.39. The van der Waals surface area contributed by atoms with Crippen LogP contribution in [0.5, 0.6) is 0 Å². The van der Waals surface area contributed by atoms with Crippen molar-refractivity contribution >= 4 is 0 Å². The van der Waals surface area contributed by atoms with Crippen LogP contribution in [0.2, 0.25) is 0 Å². The summed E-state index contributed by atoms with van der Waals surface area (Å²) in [6.07, 6.45) is 5.17. The summed E-state index contributed by atoms with van der Waals surface area (Å²) in [7, 11) is 0. The van der Waals surface area contributed by atoms with E-state index in [2.05, 4.69) is 10.00 Å². The molecule has 1 N–H and O–H groups in total. The Labute approximate surface area is 135 Å². The first-order chi connectivity index (χ1) is 11.2. The standard InChI is InChI=1S/C18H22FN3O/c19-16-4-1-3-13(7-16)10-21-11-14-8-17(22-6-2-5-20-22)18(23)9-15(14)12-21/h1-7,14-15,17-18,23H,8-12H2/t14-,15+,17-,18-/m0/s1. The molecule has 1 aromatic carbocycles. The predicted octanol–water partition coefficient (Wildman–Crippen LogP) is 2.47. The van der Waals surface area contributed by atoms with Gasteiger partial charge in [-0.15, -0.1) is 0 Å². The highest BCUT2D eigenvalue weighted by Gasteiger charge is 2.42. The number of benzene rings is 1. The van der Waals surface area contributed by atoms with Crippen molar-refractivity contribution in [2.75, 3.05) is 13.1 Å². The molecule has 2 aliphatic rings. The van der Waals surface area contributed by atoms with Crippen LogP contribution >= 0.6 is 0 Å². The van der Waals surface area contributed by atoms with Crippen molar-refractivity contribution in [3.63, 3.8) is 0 Å². The SMILES string of the molecule is O[C@H]1C[C@@H]2CN(Cc3cccc(F)c3)C[C@@H]2C[C@@H]1n1cccn1. The summed E-state index contributed by atoms with van der Waals surface area (Å²) < 4.78 is 15.2. The largest absolute Gasteiger partial charge is 0.391 e. The van der Waals surface area contributed by atoms with E-state index in [0.717, 1.165) is 38.0 Å². The Kier molecular flexibility index (Phi) is 3.91. The lowest BCUT2D eigenvalue weighted by molar-refractivity contribution is 0.0306. The summed E-state index contributed by atoms with van der Waals surface area (Å²) in [6.45, 7) is 2.79. The summed E-state index contributed by atoms with van der Waals surface area (Å²) in [6, 6.07) is 8.84. The number of hydrogen-bond donors (Lipinski definition) is 1. The number of aliphatic hydroxyl groups excluding tert-OH is 1. The highest BCUT2D eigenvalue weighted by atomic mass is 19.1. The number of nitrogens with zero attached hydrogens (tertiary/aromatic N) is 3. The van der Waals surface area contributed by atoms with Crippen LogP contribution in [0, 0.1) is 17.7 Å². The molecule has 0 bridgehead atoms. The highest BCUT2D eigenvalue weighted by molar-refractivity contribution is 5.16. The van der Waals surface area contributed by atoms with Crippen LogP contribution in [0.4, 0.5) is 4.39 Å². The second-order valence-corrected chi connectivity index (χ2v) is 6.94. The second kappa shape index (κ2) is 6.06. The summed E-state index contributed by atoms with van der Waals surface area (Å²) in [5.41, 5.74) is 1.02. The van der Waals surface area contributed by atoms with Crippen molar-refractivity contribution in [2.24, 2.45) is 11.8 Å². The van der Waals surface area contributed by atoms with Gasteiger partial charge in [-0.25, -0.2) is 4.39 Å². The lowest BCUT2D eigenvalue weighted by Gasteiger charge is -2.35. The van der Waals surface area contributed by atoms with Gasteiger partial charge in [-0.3, -0.25) is 9.58 Å². The Balaban J connectivity index is 1.43. The Morgan fingerprint density at radius 2 is 2.00 bits per heavy atom. The maximum Gasteiger partial charge on any atom is 0.123 e. The number of hydrogen-bond acceptors (Lipinski definition) is 3. The molecule has 0 spiro atoms. The van der Waals surface area contributed by atoms with Gasteiger partial charge in [0.25, 0.3) is 0 Å². The molecule has 1 saturated carbocycles. The number of fused-ring (bicyclic) bond motifs is 1. The number of likely N-dealkylation sites (tertiary alicyclic amines) is 1. The first kappa shape index (κ1) is 14.8. The molecule has 5 heteroatoms. The van der Waals surface area contributed by atoms with Gasteiger partial charge in [0.15, 0.2) is 0 Å². The fourth-order valence-corrected chi connectivity index (χ4v) is 4.29. The van der Waals surface area contributed by atoms with E-state index in [1.807, 2.05) is 23.0 Å². The van der Waals surface area contributed by atoms with Crippen molar-refractivity contribution in [2.45, 2.75) is 31.5 Å². The van der Waals surface area contributed by atoms with Gasteiger partial charge in [0.05, 0.1) is 12.1 Å². The zero-order valence-electron chi connectivity index (χ0n) is 13.1. The van der Waals surface area contributed by atoms with Gasteiger partial charge in [0.2, 0.25) is 0 Å². The van der Waals surface area contributed by atoms with Gasteiger partial charge in [-0.1, -0.05) is 12.1 Å². The molecule has 0 radical (unpaired) electrons. The van der Waals surface area contributed by atoms with Crippen molar-refractivity contribution in [3.8, 4) is 0 Å². The summed E-state index contributed by atoms with van der Waals surface area (Å²) in [5.74, 6) is 0.944. The van der Waals surface area contributed by atoms with E-state index in [0.29, 0.717) is 11.8 Å². The van der Waals surface area contributed by atoms with Crippen LogP contribution in [0.1, 0.15) is 24.4 Å². The predicted molar refractivity (Wildman–Crippen MR) is 85.2 cm³/mol. The average molecular weight is 315 g/mol. The Morgan fingerprint density at radius 1 is 1.17 bits per heavy atom. The molecule has 2 fully saturated rings. The van der Waals surface area contributed by atoms with Crippen LogP contribution in [0.15, 0.2) is 42.7 Å². The number of halogens is 1. The zero-order chi connectivity index (χ0) is 15.8. The molecule has 0 amide bonds. The maximum absolute atomic E-state index is 13.3. The van der Waals surface area contributed by atoms with Gasteiger partial charge in [-0.05, 0) is 48.4 Å². The number of aliphatic hydroxyl groups is 1. The topological polar surface area (TPSA) is 41.3 Å². The maximum atomic E-state index is 13.3. The third-order valence-electron chi connectivity index (χ3n) is 5.34. The molecule has 122 valence electrons. The van der Waals surface area contributed by atoms with E-state index in [9.17, 15) is 9.50 Å². The third-order valence-corrected chi connectivity index (χ3v) is 5.34. The van der Waals surface area contributed by atoms with Crippen LogP contribution in [-0.4, -0.2) is 39.0 Å². The van der Waals surface area contributed by atoms with E-state index in [-0.39, 0.29) is 18.0 Å². The van der Waals surface area contributed by atoms with Crippen LogP contribution < -0.4 is 0 Å². The van der Waals surface area contributed by atoms with E-state index in [1.54, 1.807) is 18.3 Å². The molecule has 2 heterocycles. The molecule has 2 aromatic rings. The molecule has 1 aliphatic carbocycles. The summed E-state index contributed by atoms with van der Waals surface area (Å²) in [5, 5.41) is 14.8. The van der Waals surface area contributed by atoms with Crippen molar-refractivity contribution in [1.82, 2.24) is 14.7 Å². The van der Waals surface area contributed by atoms with Gasteiger partial charge < -0.3 is 5.11 Å². The third kappa shape index (κ3) is 3.03. The van der Waals surface area contributed by atoms with Crippen molar-refractivity contribution in [3.05, 3.63) is 54.1 Å². The molecule has 4 atom stereocenters. The minimum atomic E-state index is -0.328. The van der Waals surface area contributed by atoms with Crippen molar-refractivity contribution in [1.29, 1.82) is 0 Å². The van der Waals surface area contributed by atoms with E-state index < -0.39 is 0 Å². The normalized spacial score (nSPS) is 31.2. The van der Waals surface area contributed by atoms with Gasteiger partial charge in [0, 0.05) is 32.0 Å². The molecule has 4 rings (SSSR count). The molecule has 1 saturated heterocycles. The van der Waals surface area contributed by atoms with Gasteiger partial charge in [0.1, 0.15) is 5.82 Å². The lowest BCUT2D eigenvalue weighted by atomic mass is 9.77. The van der Waals surface area contributed by atoms with Gasteiger partial charge >= 0.3 is 0 Å². The number of aromatic nitrogens is 2. The minimum Gasteiger partial charge on any atom is -0.391 e. The van der Waals surface area contributed by atoms with Crippen LogP contribution in [0.3, 0.4) is 0 Å².